The molecule has 0 saturated heterocycles. The molecule has 1 heterocycles. The van der Waals surface area contributed by atoms with Gasteiger partial charge < -0.3 is 10.6 Å². The van der Waals surface area contributed by atoms with Crippen molar-refractivity contribution in [2.75, 3.05) is 30.4 Å². The Kier molecular flexibility index (Phi) is 7.97. The second-order valence-electron chi connectivity index (χ2n) is 4.13. The molecular weight excluding hydrogens is 260 g/mol. The van der Waals surface area contributed by atoms with Gasteiger partial charge in [0, 0.05) is 13.1 Å². The van der Waals surface area contributed by atoms with Crippen molar-refractivity contribution in [1.29, 1.82) is 0 Å². The minimum Gasteiger partial charge on any atom is -0.369 e. The fourth-order valence-corrected chi connectivity index (χ4v) is 2.08. The highest BCUT2D eigenvalue weighted by molar-refractivity contribution is 7.98. The summed E-state index contributed by atoms with van der Waals surface area (Å²) >= 11 is 1.86. The monoisotopic (exact) mass is 282 g/mol. The Morgan fingerprint density at radius 2 is 2.16 bits per heavy atom. The van der Waals surface area contributed by atoms with Crippen molar-refractivity contribution in [3.63, 3.8) is 0 Å². The number of carbonyl (C=O) groups is 1. The fraction of sp³-hybridized carbons (Fsp3) is 0.615. The van der Waals surface area contributed by atoms with E-state index >= 15 is 0 Å². The minimum absolute atomic E-state index is 0.155. The zero-order valence-electron chi connectivity index (χ0n) is 11.6. The first-order valence-corrected chi connectivity index (χ1v) is 8.00. The number of hydrogen-bond acceptors (Lipinski definition) is 5. The molecule has 2 N–H and O–H groups in total. The summed E-state index contributed by atoms with van der Waals surface area (Å²) in [5.41, 5.74) is 0.363. The fourth-order valence-electron chi connectivity index (χ4n) is 1.58. The minimum atomic E-state index is -0.155. The number of nitrogens with zero attached hydrogens (tertiary/aromatic N) is 2. The highest BCUT2D eigenvalue weighted by atomic mass is 32.2. The summed E-state index contributed by atoms with van der Waals surface area (Å²) in [6.07, 6.45) is 8.56. The molecule has 0 aliphatic carbocycles. The zero-order valence-corrected chi connectivity index (χ0v) is 12.4. The van der Waals surface area contributed by atoms with Gasteiger partial charge in [0.05, 0.1) is 12.4 Å². The molecule has 0 bridgehead atoms. The maximum atomic E-state index is 11.8. The van der Waals surface area contributed by atoms with E-state index in [0.29, 0.717) is 18.1 Å². The van der Waals surface area contributed by atoms with Crippen LogP contribution in [0.1, 0.15) is 36.7 Å². The van der Waals surface area contributed by atoms with E-state index in [0.717, 1.165) is 19.4 Å². The van der Waals surface area contributed by atoms with Crippen molar-refractivity contribution >= 4 is 23.5 Å². The van der Waals surface area contributed by atoms with E-state index in [-0.39, 0.29) is 5.91 Å². The summed E-state index contributed by atoms with van der Waals surface area (Å²) in [7, 11) is 0. The number of nitrogens with one attached hydrogen (secondary N) is 2. The van der Waals surface area contributed by atoms with E-state index in [2.05, 4.69) is 26.9 Å². The second-order valence-corrected chi connectivity index (χ2v) is 5.11. The molecule has 1 rings (SSSR count). The summed E-state index contributed by atoms with van der Waals surface area (Å²) in [5, 5.41) is 5.91. The molecule has 0 radical (unpaired) electrons. The summed E-state index contributed by atoms with van der Waals surface area (Å²) in [4.78, 5) is 20.1. The summed E-state index contributed by atoms with van der Waals surface area (Å²) < 4.78 is 0. The third kappa shape index (κ3) is 6.42. The summed E-state index contributed by atoms with van der Waals surface area (Å²) in [6.45, 7) is 3.43. The second kappa shape index (κ2) is 9.61. The van der Waals surface area contributed by atoms with Gasteiger partial charge in [-0.15, -0.1) is 0 Å². The Morgan fingerprint density at radius 3 is 2.89 bits per heavy atom. The van der Waals surface area contributed by atoms with Crippen LogP contribution in [0.3, 0.4) is 0 Å². The normalized spacial score (nSPS) is 10.2. The number of unbranched alkanes of at least 4 members (excludes halogenated alkanes) is 2. The SMILES string of the molecule is CCNc1cncc(C(=O)NCCCCCSC)n1. The highest BCUT2D eigenvalue weighted by Gasteiger charge is 2.07. The molecule has 0 spiro atoms. The summed E-state index contributed by atoms with van der Waals surface area (Å²) in [6, 6.07) is 0. The van der Waals surface area contributed by atoms with Crippen LogP contribution in [0.2, 0.25) is 0 Å². The van der Waals surface area contributed by atoms with Gasteiger partial charge in [-0.2, -0.15) is 11.8 Å². The molecule has 0 aromatic carbocycles. The maximum absolute atomic E-state index is 11.8. The van der Waals surface area contributed by atoms with Crippen LogP contribution < -0.4 is 10.6 Å². The zero-order chi connectivity index (χ0) is 13.9. The number of rotatable bonds is 9. The van der Waals surface area contributed by atoms with Gasteiger partial charge in [0.2, 0.25) is 0 Å². The van der Waals surface area contributed by atoms with Crippen LogP contribution in [0.5, 0.6) is 0 Å². The number of amides is 1. The van der Waals surface area contributed by atoms with Crippen molar-refractivity contribution in [2.45, 2.75) is 26.2 Å². The number of hydrogen-bond donors (Lipinski definition) is 2. The molecule has 1 aromatic heterocycles. The molecule has 1 aromatic rings. The molecule has 19 heavy (non-hydrogen) atoms. The van der Waals surface area contributed by atoms with Crippen molar-refractivity contribution in [2.24, 2.45) is 0 Å². The lowest BCUT2D eigenvalue weighted by Gasteiger charge is -2.06. The average Bonchev–Trinajstić information content (AvgIpc) is 2.43. The Bertz CT molecular complexity index is 387. The van der Waals surface area contributed by atoms with Gasteiger partial charge in [-0.1, -0.05) is 6.42 Å². The number of carbonyl (C=O) groups excluding carboxylic acids is 1. The molecule has 0 aliphatic rings. The smallest absolute Gasteiger partial charge is 0.271 e. The molecule has 0 unspecified atom stereocenters. The lowest BCUT2D eigenvalue weighted by Crippen LogP contribution is -2.25. The third-order valence-corrected chi connectivity index (χ3v) is 3.23. The lowest BCUT2D eigenvalue weighted by atomic mass is 10.2. The number of thioether (sulfide) groups is 1. The first kappa shape index (κ1) is 15.8. The van der Waals surface area contributed by atoms with Crippen molar-refractivity contribution in [1.82, 2.24) is 15.3 Å². The van der Waals surface area contributed by atoms with Crippen LogP contribution in [-0.2, 0) is 0 Å². The van der Waals surface area contributed by atoms with Gasteiger partial charge in [0.15, 0.2) is 0 Å². The Balaban J connectivity index is 2.30. The molecule has 0 atom stereocenters. The van der Waals surface area contributed by atoms with E-state index in [4.69, 9.17) is 0 Å². The lowest BCUT2D eigenvalue weighted by molar-refractivity contribution is 0.0947. The van der Waals surface area contributed by atoms with Gasteiger partial charge in [0.25, 0.3) is 5.91 Å². The molecule has 106 valence electrons. The molecule has 6 heteroatoms. The first-order chi connectivity index (χ1) is 9.27. The molecular formula is C13H22N4OS. The van der Waals surface area contributed by atoms with E-state index in [9.17, 15) is 4.79 Å². The van der Waals surface area contributed by atoms with Crippen LogP contribution in [0, 0.1) is 0 Å². The van der Waals surface area contributed by atoms with E-state index in [1.165, 1.54) is 18.4 Å². The van der Waals surface area contributed by atoms with Crippen LogP contribution >= 0.6 is 11.8 Å². The van der Waals surface area contributed by atoms with Gasteiger partial charge in [-0.05, 0) is 31.8 Å². The van der Waals surface area contributed by atoms with E-state index in [1.54, 1.807) is 6.20 Å². The molecule has 5 nitrogen and oxygen atoms in total. The molecule has 0 saturated carbocycles. The number of anilines is 1. The highest BCUT2D eigenvalue weighted by Crippen LogP contribution is 2.03. The van der Waals surface area contributed by atoms with E-state index in [1.807, 2.05) is 18.7 Å². The molecule has 0 aliphatic heterocycles. The Labute approximate surface area is 119 Å². The van der Waals surface area contributed by atoms with Crippen molar-refractivity contribution in [3.8, 4) is 0 Å². The third-order valence-electron chi connectivity index (χ3n) is 2.54. The van der Waals surface area contributed by atoms with Crippen LogP contribution in [-0.4, -0.2) is 41.0 Å². The Morgan fingerprint density at radius 1 is 1.32 bits per heavy atom. The van der Waals surface area contributed by atoms with Crippen LogP contribution in [0.15, 0.2) is 12.4 Å². The standard InChI is InChI=1S/C13H22N4OS/c1-3-15-12-10-14-9-11(17-12)13(18)16-7-5-4-6-8-19-2/h9-10H,3-8H2,1-2H3,(H,15,17)(H,16,18). The topological polar surface area (TPSA) is 66.9 Å². The molecule has 0 fully saturated rings. The molecule has 1 amide bonds. The van der Waals surface area contributed by atoms with Gasteiger partial charge in [-0.25, -0.2) is 4.98 Å². The predicted molar refractivity (Wildman–Crippen MR) is 80.8 cm³/mol. The first-order valence-electron chi connectivity index (χ1n) is 6.61. The predicted octanol–water partition coefficient (Wildman–Crippen LogP) is 2.17. The average molecular weight is 282 g/mol. The maximum Gasteiger partial charge on any atom is 0.271 e. The number of aromatic nitrogens is 2. The van der Waals surface area contributed by atoms with Crippen LogP contribution in [0.25, 0.3) is 0 Å². The van der Waals surface area contributed by atoms with Gasteiger partial charge in [-0.3, -0.25) is 9.78 Å². The Hall–Kier alpha value is -1.30. The van der Waals surface area contributed by atoms with Crippen molar-refractivity contribution in [3.05, 3.63) is 18.1 Å². The van der Waals surface area contributed by atoms with Gasteiger partial charge in [0.1, 0.15) is 11.5 Å². The largest absolute Gasteiger partial charge is 0.369 e. The van der Waals surface area contributed by atoms with Gasteiger partial charge >= 0.3 is 0 Å². The summed E-state index contributed by atoms with van der Waals surface area (Å²) in [5.74, 6) is 1.66. The quantitative estimate of drug-likeness (QED) is 0.680. The van der Waals surface area contributed by atoms with Crippen molar-refractivity contribution < 1.29 is 4.79 Å². The van der Waals surface area contributed by atoms with E-state index < -0.39 is 0 Å². The van der Waals surface area contributed by atoms with Crippen LogP contribution in [0.4, 0.5) is 5.82 Å².